The maximum Gasteiger partial charge on any atom is 0.0829 e. The van der Waals surface area contributed by atoms with E-state index in [1.165, 1.54) is 0 Å². The second-order valence-electron chi connectivity index (χ2n) is 3.22. The number of aliphatic hydroxyl groups is 1. The van der Waals surface area contributed by atoms with Gasteiger partial charge in [0.2, 0.25) is 0 Å². The SMILES string of the molecule is N[C@@H](Cc1ccc(Br)cc1)[C@H](O)CCl. The summed E-state index contributed by atoms with van der Waals surface area (Å²) in [5.41, 5.74) is 6.85. The van der Waals surface area contributed by atoms with Gasteiger partial charge in [-0.25, -0.2) is 0 Å². The Morgan fingerprint density at radius 1 is 1.36 bits per heavy atom. The highest BCUT2D eigenvalue weighted by atomic mass is 79.9. The van der Waals surface area contributed by atoms with Crippen LogP contribution >= 0.6 is 27.5 Å². The fraction of sp³-hybridized carbons (Fsp3) is 0.400. The highest BCUT2D eigenvalue weighted by Crippen LogP contribution is 2.12. The monoisotopic (exact) mass is 277 g/mol. The minimum absolute atomic E-state index is 0.178. The highest BCUT2D eigenvalue weighted by molar-refractivity contribution is 9.10. The molecule has 0 amide bonds. The lowest BCUT2D eigenvalue weighted by Gasteiger charge is -2.16. The van der Waals surface area contributed by atoms with Crippen LogP contribution < -0.4 is 5.73 Å². The van der Waals surface area contributed by atoms with E-state index in [9.17, 15) is 5.11 Å². The third-order valence-corrected chi connectivity index (χ3v) is 2.88. The third kappa shape index (κ3) is 3.58. The fourth-order valence-corrected chi connectivity index (χ4v) is 1.64. The van der Waals surface area contributed by atoms with Gasteiger partial charge in [0.05, 0.1) is 6.10 Å². The van der Waals surface area contributed by atoms with Crippen molar-refractivity contribution in [2.75, 3.05) is 5.88 Å². The van der Waals surface area contributed by atoms with Gasteiger partial charge in [0.25, 0.3) is 0 Å². The molecule has 78 valence electrons. The number of alkyl halides is 1. The third-order valence-electron chi connectivity index (χ3n) is 2.04. The van der Waals surface area contributed by atoms with Crippen molar-refractivity contribution in [1.29, 1.82) is 0 Å². The zero-order valence-corrected chi connectivity index (χ0v) is 10.0. The van der Waals surface area contributed by atoms with Crippen molar-refractivity contribution < 1.29 is 5.11 Å². The molecule has 0 saturated carbocycles. The van der Waals surface area contributed by atoms with Crippen LogP contribution in [0.5, 0.6) is 0 Å². The summed E-state index contributed by atoms with van der Waals surface area (Å²) in [6.45, 7) is 0. The van der Waals surface area contributed by atoms with Gasteiger partial charge < -0.3 is 10.8 Å². The Labute approximate surface area is 97.2 Å². The van der Waals surface area contributed by atoms with Gasteiger partial charge in [-0.3, -0.25) is 0 Å². The lowest BCUT2D eigenvalue weighted by atomic mass is 10.0. The normalized spacial score (nSPS) is 15.1. The standard InChI is InChI=1S/C10H13BrClNO/c11-8-3-1-7(2-4-8)5-9(13)10(14)6-12/h1-4,9-10,14H,5-6,13H2/t9-,10+/m0/s1. The van der Waals surface area contributed by atoms with Crippen molar-refractivity contribution >= 4 is 27.5 Å². The van der Waals surface area contributed by atoms with Crippen LogP contribution in [-0.4, -0.2) is 23.1 Å². The molecule has 1 aromatic carbocycles. The second-order valence-corrected chi connectivity index (χ2v) is 4.44. The summed E-state index contributed by atoms with van der Waals surface area (Å²) in [4.78, 5) is 0. The van der Waals surface area contributed by atoms with Gasteiger partial charge in [0.1, 0.15) is 0 Å². The average molecular weight is 279 g/mol. The number of halogens is 2. The first kappa shape index (κ1) is 12.0. The van der Waals surface area contributed by atoms with Gasteiger partial charge in [-0.1, -0.05) is 28.1 Å². The van der Waals surface area contributed by atoms with Crippen molar-refractivity contribution in [1.82, 2.24) is 0 Å². The molecule has 0 radical (unpaired) electrons. The smallest absolute Gasteiger partial charge is 0.0829 e. The molecule has 0 saturated heterocycles. The lowest BCUT2D eigenvalue weighted by molar-refractivity contribution is 0.166. The van der Waals surface area contributed by atoms with Crippen LogP contribution in [0.4, 0.5) is 0 Å². The van der Waals surface area contributed by atoms with Gasteiger partial charge >= 0.3 is 0 Å². The van der Waals surface area contributed by atoms with E-state index in [4.69, 9.17) is 17.3 Å². The Balaban J connectivity index is 2.56. The molecule has 0 aliphatic rings. The van der Waals surface area contributed by atoms with E-state index in [0.717, 1.165) is 10.0 Å². The number of hydrogen-bond acceptors (Lipinski definition) is 2. The Morgan fingerprint density at radius 3 is 2.43 bits per heavy atom. The summed E-state index contributed by atoms with van der Waals surface area (Å²) in [6, 6.07) is 7.56. The molecule has 0 spiro atoms. The first-order valence-corrected chi connectivity index (χ1v) is 5.70. The summed E-state index contributed by atoms with van der Waals surface area (Å²) in [5, 5.41) is 9.38. The maximum atomic E-state index is 9.38. The van der Waals surface area contributed by atoms with Gasteiger partial charge in [-0.05, 0) is 24.1 Å². The molecule has 2 nitrogen and oxygen atoms in total. The Bertz CT molecular complexity index is 278. The van der Waals surface area contributed by atoms with E-state index >= 15 is 0 Å². The fourth-order valence-electron chi connectivity index (χ4n) is 1.14. The number of aliphatic hydroxyl groups excluding tert-OH is 1. The minimum atomic E-state index is -0.639. The number of hydrogen-bond donors (Lipinski definition) is 2. The van der Waals surface area contributed by atoms with Crippen molar-refractivity contribution in [3.05, 3.63) is 34.3 Å². The van der Waals surface area contributed by atoms with Crippen molar-refractivity contribution in [2.24, 2.45) is 5.73 Å². The Morgan fingerprint density at radius 2 is 1.93 bits per heavy atom. The zero-order chi connectivity index (χ0) is 10.6. The van der Waals surface area contributed by atoms with Crippen LogP contribution in [-0.2, 0) is 6.42 Å². The van der Waals surface area contributed by atoms with Crippen LogP contribution in [0.1, 0.15) is 5.56 Å². The summed E-state index contributed by atoms with van der Waals surface area (Å²) < 4.78 is 1.03. The van der Waals surface area contributed by atoms with E-state index in [1.54, 1.807) is 0 Å². The van der Waals surface area contributed by atoms with Crippen LogP contribution in [0.3, 0.4) is 0 Å². The van der Waals surface area contributed by atoms with E-state index < -0.39 is 6.10 Å². The van der Waals surface area contributed by atoms with Gasteiger partial charge in [-0.2, -0.15) is 0 Å². The molecule has 0 aromatic heterocycles. The van der Waals surface area contributed by atoms with Crippen molar-refractivity contribution in [2.45, 2.75) is 18.6 Å². The largest absolute Gasteiger partial charge is 0.390 e. The van der Waals surface area contributed by atoms with Gasteiger partial charge in [-0.15, -0.1) is 11.6 Å². The van der Waals surface area contributed by atoms with Gasteiger partial charge in [0.15, 0.2) is 0 Å². The molecule has 0 aliphatic heterocycles. The molecule has 14 heavy (non-hydrogen) atoms. The highest BCUT2D eigenvalue weighted by Gasteiger charge is 2.13. The van der Waals surface area contributed by atoms with E-state index in [1.807, 2.05) is 24.3 Å². The van der Waals surface area contributed by atoms with Crippen LogP contribution in [0.15, 0.2) is 28.7 Å². The van der Waals surface area contributed by atoms with E-state index in [0.29, 0.717) is 6.42 Å². The topological polar surface area (TPSA) is 46.2 Å². The van der Waals surface area contributed by atoms with Crippen molar-refractivity contribution in [3.63, 3.8) is 0 Å². The first-order valence-electron chi connectivity index (χ1n) is 4.37. The summed E-state index contributed by atoms with van der Waals surface area (Å²) >= 11 is 8.85. The molecule has 1 rings (SSSR count). The first-order chi connectivity index (χ1) is 6.63. The minimum Gasteiger partial charge on any atom is -0.390 e. The molecule has 0 heterocycles. The Kier molecular flexibility index (Phi) is 4.89. The average Bonchev–Trinajstić information content (AvgIpc) is 2.20. The van der Waals surface area contributed by atoms with Crippen LogP contribution in [0.2, 0.25) is 0 Å². The predicted octanol–water partition coefficient (Wildman–Crippen LogP) is 1.92. The summed E-state index contributed by atoms with van der Waals surface area (Å²) in [6.07, 6.45) is 0.00145. The quantitative estimate of drug-likeness (QED) is 0.827. The molecular formula is C10H13BrClNO. The Hall–Kier alpha value is -0.0900. The van der Waals surface area contributed by atoms with Crippen LogP contribution in [0, 0.1) is 0 Å². The molecular weight excluding hydrogens is 265 g/mol. The predicted molar refractivity (Wildman–Crippen MR) is 62.5 cm³/mol. The number of benzene rings is 1. The number of nitrogens with two attached hydrogens (primary N) is 1. The zero-order valence-electron chi connectivity index (χ0n) is 7.66. The summed E-state index contributed by atoms with van der Waals surface area (Å²) in [7, 11) is 0. The van der Waals surface area contributed by atoms with Crippen molar-refractivity contribution in [3.8, 4) is 0 Å². The molecule has 0 aliphatic carbocycles. The molecule has 3 N–H and O–H groups in total. The maximum absolute atomic E-state index is 9.38. The van der Waals surface area contributed by atoms with Crippen LogP contribution in [0.25, 0.3) is 0 Å². The molecule has 0 bridgehead atoms. The number of rotatable bonds is 4. The lowest BCUT2D eigenvalue weighted by Crippen LogP contribution is -2.37. The van der Waals surface area contributed by atoms with E-state index in [2.05, 4.69) is 15.9 Å². The summed E-state index contributed by atoms with van der Waals surface area (Å²) in [5.74, 6) is 0.178. The molecule has 0 fully saturated rings. The van der Waals surface area contributed by atoms with E-state index in [-0.39, 0.29) is 11.9 Å². The van der Waals surface area contributed by atoms with Gasteiger partial charge in [0, 0.05) is 16.4 Å². The molecule has 2 atom stereocenters. The molecule has 0 unspecified atom stereocenters. The molecule has 1 aromatic rings. The molecule has 4 heteroatoms. The second kappa shape index (κ2) is 5.71.